The van der Waals surface area contributed by atoms with Gasteiger partial charge in [-0.3, -0.25) is 9.59 Å². The summed E-state index contributed by atoms with van der Waals surface area (Å²) in [7, 11) is 0. The molecule has 0 radical (unpaired) electrons. The van der Waals surface area contributed by atoms with E-state index in [4.69, 9.17) is 9.15 Å². The number of benzene rings is 1. The lowest BCUT2D eigenvalue weighted by molar-refractivity contribution is -0.156. The van der Waals surface area contributed by atoms with E-state index in [0.29, 0.717) is 13.0 Å². The Morgan fingerprint density at radius 1 is 1.08 bits per heavy atom. The molecule has 1 fully saturated rings. The van der Waals surface area contributed by atoms with Gasteiger partial charge in [-0.2, -0.15) is 0 Å². The zero-order valence-electron chi connectivity index (χ0n) is 13.7. The van der Waals surface area contributed by atoms with E-state index in [1.165, 1.54) is 17.2 Å². The third-order valence-corrected chi connectivity index (χ3v) is 4.20. The van der Waals surface area contributed by atoms with Gasteiger partial charge in [-0.05, 0) is 37.0 Å². The number of rotatable bonds is 5. The normalized spacial score (nSPS) is 17.1. The Kier molecular flexibility index (Phi) is 5.28. The summed E-state index contributed by atoms with van der Waals surface area (Å²) < 4.78 is 10.3. The van der Waals surface area contributed by atoms with Gasteiger partial charge in [0.25, 0.3) is 11.7 Å². The molecule has 6 nitrogen and oxygen atoms in total. The van der Waals surface area contributed by atoms with Gasteiger partial charge in [0.2, 0.25) is 0 Å². The molecule has 1 atom stereocenters. The molecular formula is C19H19NO5. The maximum atomic E-state index is 12.5. The fraction of sp³-hybridized carbons (Fsp3) is 0.316. The number of piperidine rings is 1. The van der Waals surface area contributed by atoms with Crippen molar-refractivity contribution in [1.29, 1.82) is 0 Å². The molecular weight excluding hydrogens is 322 g/mol. The third-order valence-electron chi connectivity index (χ3n) is 4.20. The number of nitrogens with zero attached hydrogens (tertiary/aromatic N) is 1. The van der Waals surface area contributed by atoms with Crippen molar-refractivity contribution in [2.24, 2.45) is 0 Å². The highest BCUT2D eigenvalue weighted by Crippen LogP contribution is 2.20. The number of amides is 1. The minimum atomic E-state index is -0.743. The van der Waals surface area contributed by atoms with Crippen LogP contribution in [0.2, 0.25) is 0 Å². The highest BCUT2D eigenvalue weighted by Gasteiger charge is 2.37. The second-order valence-corrected chi connectivity index (χ2v) is 5.91. The summed E-state index contributed by atoms with van der Waals surface area (Å²) in [6.45, 7) is 0.501. The average Bonchev–Trinajstić information content (AvgIpc) is 3.20. The molecule has 3 rings (SSSR count). The van der Waals surface area contributed by atoms with E-state index < -0.39 is 23.7 Å². The lowest BCUT2D eigenvalue weighted by atomic mass is 10.0. The summed E-state index contributed by atoms with van der Waals surface area (Å²) in [5.74, 6) is -1.97. The lowest BCUT2D eigenvalue weighted by Crippen LogP contribution is -2.50. The van der Waals surface area contributed by atoms with Crippen molar-refractivity contribution in [3.63, 3.8) is 0 Å². The molecule has 0 N–H and O–H groups in total. The molecule has 1 aliphatic rings. The number of hydrogen-bond acceptors (Lipinski definition) is 5. The second kappa shape index (κ2) is 7.79. The summed E-state index contributed by atoms with van der Waals surface area (Å²) in [6.07, 6.45) is 3.39. The summed E-state index contributed by atoms with van der Waals surface area (Å²) in [5, 5.41) is 0. The molecule has 6 heteroatoms. The highest BCUT2D eigenvalue weighted by molar-refractivity contribution is 6.42. The van der Waals surface area contributed by atoms with Gasteiger partial charge in [0.1, 0.15) is 12.6 Å². The topological polar surface area (TPSA) is 76.8 Å². The van der Waals surface area contributed by atoms with E-state index in [1.54, 1.807) is 6.07 Å². The summed E-state index contributed by atoms with van der Waals surface area (Å²) >= 11 is 0. The Morgan fingerprint density at radius 3 is 2.60 bits per heavy atom. The Hall–Kier alpha value is -2.89. The quantitative estimate of drug-likeness (QED) is 0.475. The first kappa shape index (κ1) is 17.0. The molecule has 1 aromatic heterocycles. The molecule has 1 saturated heterocycles. The number of carbonyl (C=O) groups excluding carboxylic acids is 3. The van der Waals surface area contributed by atoms with Gasteiger partial charge in [0.15, 0.2) is 5.76 Å². The molecule has 2 heterocycles. The van der Waals surface area contributed by atoms with E-state index >= 15 is 0 Å². The van der Waals surface area contributed by atoms with Crippen molar-refractivity contribution in [3.05, 3.63) is 60.1 Å². The monoisotopic (exact) mass is 341 g/mol. The first-order valence-electron chi connectivity index (χ1n) is 8.26. The van der Waals surface area contributed by atoms with Crippen LogP contribution in [0.25, 0.3) is 0 Å². The maximum absolute atomic E-state index is 12.5. The van der Waals surface area contributed by atoms with Crippen molar-refractivity contribution in [2.75, 3.05) is 6.54 Å². The van der Waals surface area contributed by atoms with Crippen molar-refractivity contribution < 1.29 is 23.5 Å². The fourth-order valence-electron chi connectivity index (χ4n) is 2.89. The predicted octanol–water partition coefficient (Wildman–Crippen LogP) is 2.59. The van der Waals surface area contributed by atoms with Crippen LogP contribution < -0.4 is 0 Å². The number of hydrogen-bond donors (Lipinski definition) is 0. The molecule has 2 aromatic rings. The largest absolute Gasteiger partial charge is 0.461 e. The molecule has 1 aromatic carbocycles. The third kappa shape index (κ3) is 3.96. The summed E-state index contributed by atoms with van der Waals surface area (Å²) in [4.78, 5) is 38.5. The Labute approximate surface area is 145 Å². The van der Waals surface area contributed by atoms with E-state index in [-0.39, 0.29) is 12.4 Å². The molecule has 25 heavy (non-hydrogen) atoms. The van der Waals surface area contributed by atoms with Crippen LogP contribution >= 0.6 is 0 Å². The van der Waals surface area contributed by atoms with Crippen LogP contribution in [-0.2, 0) is 20.9 Å². The summed E-state index contributed by atoms with van der Waals surface area (Å²) in [5.41, 5.74) is 0.871. The van der Waals surface area contributed by atoms with Crippen LogP contribution in [0.15, 0.2) is 53.1 Å². The number of ketones is 1. The Bertz CT molecular complexity index is 738. The number of ether oxygens (including phenoxy) is 1. The van der Waals surface area contributed by atoms with Crippen molar-refractivity contribution >= 4 is 17.7 Å². The van der Waals surface area contributed by atoms with Crippen molar-refractivity contribution in [1.82, 2.24) is 4.90 Å². The average molecular weight is 341 g/mol. The molecule has 130 valence electrons. The number of Topliss-reactive ketones (excluding diaryl/α,β-unsaturated/α-hetero) is 1. The molecule has 0 spiro atoms. The molecule has 0 aliphatic carbocycles. The van der Waals surface area contributed by atoms with Gasteiger partial charge >= 0.3 is 5.97 Å². The van der Waals surface area contributed by atoms with Crippen LogP contribution in [0.3, 0.4) is 0 Å². The maximum Gasteiger partial charge on any atom is 0.329 e. The Morgan fingerprint density at radius 2 is 1.88 bits per heavy atom. The van der Waals surface area contributed by atoms with Crippen LogP contribution in [-0.4, -0.2) is 35.1 Å². The zero-order valence-corrected chi connectivity index (χ0v) is 13.7. The standard InChI is InChI=1S/C19H19NO5/c21-17(16-10-6-12-24-16)18(22)20-11-5-4-9-15(20)19(23)25-13-14-7-2-1-3-8-14/h1-3,6-8,10,12,15H,4-5,9,11,13H2. The van der Waals surface area contributed by atoms with Gasteiger partial charge in [-0.1, -0.05) is 30.3 Å². The molecule has 0 saturated carbocycles. The van der Waals surface area contributed by atoms with Crippen molar-refractivity contribution in [3.8, 4) is 0 Å². The molecule has 0 bridgehead atoms. The molecule has 1 unspecified atom stereocenters. The van der Waals surface area contributed by atoms with Crippen molar-refractivity contribution in [2.45, 2.75) is 31.9 Å². The van der Waals surface area contributed by atoms with E-state index in [9.17, 15) is 14.4 Å². The SMILES string of the molecule is O=C(C(=O)N1CCCCC1C(=O)OCc1ccccc1)c1ccco1. The summed E-state index contributed by atoms with van der Waals surface area (Å²) in [6, 6.07) is 11.6. The van der Waals surface area contributed by atoms with E-state index in [2.05, 4.69) is 0 Å². The number of furan rings is 1. The number of esters is 1. The highest BCUT2D eigenvalue weighted by atomic mass is 16.5. The second-order valence-electron chi connectivity index (χ2n) is 5.91. The van der Waals surface area contributed by atoms with E-state index in [1.807, 2.05) is 30.3 Å². The minimum Gasteiger partial charge on any atom is -0.461 e. The predicted molar refractivity (Wildman–Crippen MR) is 88.6 cm³/mol. The number of carbonyl (C=O) groups is 3. The van der Waals surface area contributed by atoms with Gasteiger partial charge in [-0.25, -0.2) is 4.79 Å². The Balaban J connectivity index is 1.66. The fourth-order valence-corrected chi connectivity index (χ4v) is 2.89. The smallest absolute Gasteiger partial charge is 0.329 e. The van der Waals surface area contributed by atoms with Gasteiger partial charge in [-0.15, -0.1) is 0 Å². The first-order chi connectivity index (χ1) is 12.2. The lowest BCUT2D eigenvalue weighted by Gasteiger charge is -2.33. The van der Waals surface area contributed by atoms with Crippen LogP contribution in [0.1, 0.15) is 35.4 Å². The van der Waals surface area contributed by atoms with E-state index in [0.717, 1.165) is 18.4 Å². The van der Waals surface area contributed by atoms with Gasteiger partial charge in [0, 0.05) is 6.54 Å². The number of likely N-dealkylation sites (tertiary alicyclic amines) is 1. The molecule has 1 amide bonds. The zero-order chi connectivity index (χ0) is 17.6. The van der Waals surface area contributed by atoms with Gasteiger partial charge in [0.05, 0.1) is 6.26 Å². The van der Waals surface area contributed by atoms with Crippen LogP contribution in [0.5, 0.6) is 0 Å². The van der Waals surface area contributed by atoms with Crippen LogP contribution in [0, 0.1) is 0 Å². The van der Waals surface area contributed by atoms with Crippen LogP contribution in [0.4, 0.5) is 0 Å². The molecule has 1 aliphatic heterocycles. The van der Waals surface area contributed by atoms with Gasteiger partial charge < -0.3 is 14.1 Å². The minimum absolute atomic E-state index is 0.0213. The first-order valence-corrected chi connectivity index (χ1v) is 8.26.